The van der Waals surface area contributed by atoms with Gasteiger partial charge in [0.05, 0.1) is 6.61 Å². The normalized spacial score (nSPS) is 18.1. The van der Waals surface area contributed by atoms with Crippen molar-refractivity contribution in [1.29, 1.82) is 0 Å². The average Bonchev–Trinajstić information content (AvgIpc) is 3.25. The van der Waals surface area contributed by atoms with Crippen molar-refractivity contribution >= 4 is 17.8 Å². The number of carboxylic acid groups (broad SMARTS) is 1. The highest BCUT2D eigenvalue weighted by atomic mass is 16.6. The number of aliphatic carboxylic acids is 1. The summed E-state index contributed by atoms with van der Waals surface area (Å²) in [5.74, 6) is 0.437. The van der Waals surface area contributed by atoms with Crippen LogP contribution in [0.25, 0.3) is 11.1 Å². The standard InChI is InChI=1S/C48H49N3O7/c1-30-31(2)49-22-21-38(30)34-19-17-32(18-20-34)23-40(48(54)55)50-46(52)41-24-36-25-43-44(26-37(36)27-51(41)47(53)35-13-7-4-8-14-35)58-45(29-57-43)39-15-9-10-16-42(39)56-28-33-11-5-3-6-12-33/h4,7-10,13-22,25-26,33,40-41,45H,3,5-6,11-12,23-24,27-29H2,1-2H3,(H,50,52)(H,54,55)/t40-,41-,45+/m0/s1. The molecule has 5 aromatic rings. The Labute approximate surface area is 339 Å². The average molecular weight is 780 g/mol. The number of carbonyl (C=O) groups excluding carboxylic acids is 2. The monoisotopic (exact) mass is 779 g/mol. The van der Waals surface area contributed by atoms with Crippen LogP contribution in [0, 0.1) is 19.8 Å². The van der Waals surface area contributed by atoms with E-state index in [4.69, 9.17) is 14.2 Å². The number of hydrogen-bond donors (Lipinski definition) is 2. The second-order valence-electron chi connectivity index (χ2n) is 15.7. The van der Waals surface area contributed by atoms with Crippen LogP contribution in [0.1, 0.15) is 82.1 Å². The highest BCUT2D eigenvalue weighted by Gasteiger charge is 2.38. The van der Waals surface area contributed by atoms with Gasteiger partial charge in [-0.25, -0.2) is 4.79 Å². The predicted molar refractivity (Wildman–Crippen MR) is 220 cm³/mol. The van der Waals surface area contributed by atoms with Crippen LogP contribution in [-0.4, -0.2) is 58.1 Å². The maximum atomic E-state index is 14.2. The van der Waals surface area contributed by atoms with Gasteiger partial charge in [-0.2, -0.15) is 0 Å². The molecule has 3 atom stereocenters. The molecule has 2 aliphatic heterocycles. The number of ether oxygens (including phenoxy) is 3. The van der Waals surface area contributed by atoms with Gasteiger partial charge < -0.3 is 29.5 Å². The van der Waals surface area contributed by atoms with Crippen LogP contribution in [0.4, 0.5) is 0 Å². The first-order valence-electron chi connectivity index (χ1n) is 20.3. The molecule has 2 N–H and O–H groups in total. The van der Waals surface area contributed by atoms with Gasteiger partial charge in [0.1, 0.15) is 24.4 Å². The molecule has 0 saturated heterocycles. The van der Waals surface area contributed by atoms with Gasteiger partial charge in [0.2, 0.25) is 5.91 Å². The van der Waals surface area contributed by atoms with Gasteiger partial charge in [-0.05, 0) is 102 Å². The Kier molecular flexibility index (Phi) is 11.4. The third-order valence-electron chi connectivity index (χ3n) is 11.9. The predicted octanol–water partition coefficient (Wildman–Crippen LogP) is 8.22. The first kappa shape index (κ1) is 38.7. The lowest BCUT2D eigenvalue weighted by atomic mass is 9.90. The Morgan fingerprint density at radius 3 is 2.41 bits per heavy atom. The molecule has 0 bridgehead atoms. The van der Waals surface area contributed by atoms with Crippen LogP contribution in [0.2, 0.25) is 0 Å². The van der Waals surface area contributed by atoms with E-state index < -0.39 is 30.1 Å². The molecule has 0 radical (unpaired) electrons. The van der Waals surface area contributed by atoms with Crippen molar-refractivity contribution in [3.8, 4) is 28.4 Å². The van der Waals surface area contributed by atoms with Crippen LogP contribution in [0.3, 0.4) is 0 Å². The number of nitrogens with one attached hydrogen (secondary N) is 1. The second kappa shape index (κ2) is 17.1. The zero-order valence-electron chi connectivity index (χ0n) is 33.0. The minimum atomic E-state index is -1.22. The molecule has 0 unspecified atom stereocenters. The number of pyridine rings is 1. The van der Waals surface area contributed by atoms with E-state index in [0.717, 1.165) is 50.4 Å². The van der Waals surface area contributed by atoms with Crippen molar-refractivity contribution in [2.75, 3.05) is 13.2 Å². The number of fused-ring (bicyclic) bond motifs is 2. The summed E-state index contributed by atoms with van der Waals surface area (Å²) in [5, 5.41) is 13.1. The van der Waals surface area contributed by atoms with Crippen LogP contribution in [0.15, 0.2) is 103 Å². The Hall–Kier alpha value is -6.16. The number of aryl methyl sites for hydroxylation is 1. The smallest absolute Gasteiger partial charge is 0.326 e. The quantitative estimate of drug-likeness (QED) is 0.137. The van der Waals surface area contributed by atoms with E-state index in [0.29, 0.717) is 29.6 Å². The number of para-hydroxylation sites is 1. The van der Waals surface area contributed by atoms with Crippen molar-refractivity contribution in [1.82, 2.24) is 15.2 Å². The van der Waals surface area contributed by atoms with Crippen LogP contribution >= 0.6 is 0 Å². The zero-order valence-corrected chi connectivity index (χ0v) is 33.0. The summed E-state index contributed by atoms with van der Waals surface area (Å²) in [5.41, 5.74) is 7.84. The molecule has 4 aromatic carbocycles. The molecule has 10 nitrogen and oxygen atoms in total. The maximum absolute atomic E-state index is 14.2. The summed E-state index contributed by atoms with van der Waals surface area (Å²) < 4.78 is 19.3. The van der Waals surface area contributed by atoms with Gasteiger partial charge in [-0.15, -0.1) is 0 Å². The van der Waals surface area contributed by atoms with Crippen LogP contribution < -0.4 is 19.5 Å². The summed E-state index contributed by atoms with van der Waals surface area (Å²) >= 11 is 0. The van der Waals surface area contributed by atoms with E-state index in [2.05, 4.69) is 10.3 Å². The Balaban J connectivity index is 1.01. The number of aromatic nitrogens is 1. The van der Waals surface area contributed by atoms with Crippen molar-refractivity contribution in [2.45, 2.75) is 83.5 Å². The van der Waals surface area contributed by atoms with Gasteiger partial charge in [-0.1, -0.05) is 79.9 Å². The number of rotatable bonds is 11. The van der Waals surface area contributed by atoms with Crippen molar-refractivity contribution < 1.29 is 33.7 Å². The van der Waals surface area contributed by atoms with E-state index in [9.17, 15) is 19.5 Å². The fourth-order valence-electron chi connectivity index (χ4n) is 8.42. The first-order chi connectivity index (χ1) is 28.2. The molecule has 298 valence electrons. The highest BCUT2D eigenvalue weighted by molar-refractivity contribution is 5.98. The van der Waals surface area contributed by atoms with E-state index in [1.54, 1.807) is 30.5 Å². The third kappa shape index (κ3) is 8.42. The second-order valence-corrected chi connectivity index (χ2v) is 15.7. The number of benzene rings is 4. The number of carboxylic acids is 1. The molecule has 2 amide bonds. The molecule has 3 heterocycles. The molecular formula is C48H49N3O7. The summed E-state index contributed by atoms with van der Waals surface area (Å²) in [4.78, 5) is 46.8. The molecule has 10 heteroatoms. The lowest BCUT2D eigenvalue weighted by Crippen LogP contribution is -2.56. The summed E-state index contributed by atoms with van der Waals surface area (Å²) in [6.45, 7) is 5.07. The van der Waals surface area contributed by atoms with Crippen LogP contribution in [0.5, 0.6) is 17.2 Å². The van der Waals surface area contributed by atoms with E-state index in [1.165, 1.54) is 37.0 Å². The van der Waals surface area contributed by atoms with Gasteiger partial charge in [0.25, 0.3) is 5.91 Å². The molecule has 58 heavy (non-hydrogen) atoms. The highest BCUT2D eigenvalue weighted by Crippen LogP contribution is 2.42. The fraction of sp³-hybridized carbons (Fsp3) is 0.333. The zero-order chi connectivity index (χ0) is 40.2. The molecule has 1 fully saturated rings. The molecule has 1 aromatic heterocycles. The molecule has 8 rings (SSSR count). The van der Waals surface area contributed by atoms with E-state index in [-0.39, 0.29) is 31.9 Å². The Morgan fingerprint density at radius 1 is 0.897 bits per heavy atom. The summed E-state index contributed by atoms with van der Waals surface area (Å²) in [7, 11) is 0. The third-order valence-corrected chi connectivity index (χ3v) is 11.9. The van der Waals surface area contributed by atoms with Gasteiger partial charge in [-0.3, -0.25) is 14.6 Å². The Morgan fingerprint density at radius 2 is 1.64 bits per heavy atom. The van der Waals surface area contributed by atoms with Gasteiger partial charge in [0, 0.05) is 42.4 Å². The topological polar surface area (TPSA) is 127 Å². The van der Waals surface area contributed by atoms with E-state index >= 15 is 0 Å². The fourth-order valence-corrected chi connectivity index (χ4v) is 8.42. The molecule has 3 aliphatic rings. The van der Waals surface area contributed by atoms with Crippen LogP contribution in [-0.2, 0) is 29.0 Å². The summed E-state index contributed by atoms with van der Waals surface area (Å²) in [6.07, 6.45) is 7.80. The molecule has 1 saturated carbocycles. The number of hydrogen-bond acceptors (Lipinski definition) is 7. The summed E-state index contributed by atoms with van der Waals surface area (Å²) in [6, 6.07) is 28.0. The lowest BCUT2D eigenvalue weighted by molar-refractivity contribution is -0.142. The molecule has 1 aliphatic carbocycles. The van der Waals surface area contributed by atoms with Gasteiger partial charge >= 0.3 is 5.97 Å². The first-order valence-corrected chi connectivity index (χ1v) is 20.3. The number of carbonyl (C=O) groups is 3. The largest absolute Gasteiger partial charge is 0.493 e. The lowest BCUT2D eigenvalue weighted by Gasteiger charge is -2.38. The van der Waals surface area contributed by atoms with Crippen molar-refractivity contribution in [3.05, 3.63) is 142 Å². The molecule has 0 spiro atoms. The van der Waals surface area contributed by atoms with Gasteiger partial charge in [0.15, 0.2) is 17.6 Å². The van der Waals surface area contributed by atoms with E-state index in [1.807, 2.05) is 86.6 Å². The molecular weight excluding hydrogens is 731 g/mol. The van der Waals surface area contributed by atoms with Crippen molar-refractivity contribution in [3.63, 3.8) is 0 Å². The SMILES string of the molecule is Cc1nccc(-c2ccc(C[C@H](NC(=O)[C@@H]3Cc4cc5c(cc4CN3C(=O)c3ccccc3)O[C@@H](c3ccccc3OCC3CCCCC3)CO5)C(=O)O)cc2)c1C. The number of nitrogens with zero attached hydrogens (tertiary/aromatic N) is 2. The number of amides is 2. The minimum Gasteiger partial charge on any atom is -0.493 e. The maximum Gasteiger partial charge on any atom is 0.326 e. The van der Waals surface area contributed by atoms with Crippen molar-refractivity contribution in [2.24, 2.45) is 5.92 Å². The minimum absolute atomic E-state index is 0.0697. The Bertz CT molecular complexity index is 2290.